The summed E-state index contributed by atoms with van der Waals surface area (Å²) in [6.45, 7) is 3.68. The Bertz CT molecular complexity index is 644. The van der Waals surface area contributed by atoms with Crippen molar-refractivity contribution in [1.29, 1.82) is 0 Å². The SMILES string of the molecule is Cc1ccc(CC(=O)NC2(c3noc(C)n3)CCC2)cn1. The van der Waals surface area contributed by atoms with Crippen molar-refractivity contribution in [3.05, 3.63) is 41.3 Å². The number of pyridine rings is 1. The zero-order valence-corrected chi connectivity index (χ0v) is 12.2. The van der Waals surface area contributed by atoms with E-state index in [1.807, 2.05) is 19.1 Å². The molecule has 6 heteroatoms. The molecule has 1 saturated carbocycles. The van der Waals surface area contributed by atoms with Crippen molar-refractivity contribution in [2.24, 2.45) is 0 Å². The van der Waals surface area contributed by atoms with Crippen LogP contribution in [-0.2, 0) is 16.8 Å². The number of rotatable bonds is 4. The van der Waals surface area contributed by atoms with Crippen LogP contribution in [0.15, 0.2) is 22.9 Å². The Kier molecular flexibility index (Phi) is 3.45. The van der Waals surface area contributed by atoms with Gasteiger partial charge in [0.05, 0.1) is 6.42 Å². The summed E-state index contributed by atoms with van der Waals surface area (Å²) < 4.78 is 5.04. The summed E-state index contributed by atoms with van der Waals surface area (Å²) >= 11 is 0. The zero-order valence-electron chi connectivity index (χ0n) is 12.2. The van der Waals surface area contributed by atoms with Gasteiger partial charge in [0.25, 0.3) is 0 Å². The summed E-state index contributed by atoms with van der Waals surface area (Å²) in [5, 5.41) is 7.04. The summed E-state index contributed by atoms with van der Waals surface area (Å²) in [4.78, 5) is 20.7. The van der Waals surface area contributed by atoms with E-state index in [0.29, 0.717) is 18.1 Å². The molecule has 2 aromatic rings. The Morgan fingerprint density at radius 2 is 2.19 bits per heavy atom. The predicted molar refractivity (Wildman–Crippen MR) is 75.4 cm³/mol. The molecule has 1 fully saturated rings. The molecule has 1 aliphatic rings. The average molecular weight is 286 g/mol. The normalized spacial score (nSPS) is 16.3. The fourth-order valence-corrected chi connectivity index (χ4v) is 2.53. The van der Waals surface area contributed by atoms with Gasteiger partial charge in [0.1, 0.15) is 5.54 Å². The third-order valence-electron chi connectivity index (χ3n) is 3.88. The second-order valence-corrected chi connectivity index (χ2v) is 5.61. The molecule has 110 valence electrons. The quantitative estimate of drug-likeness (QED) is 0.927. The fourth-order valence-electron chi connectivity index (χ4n) is 2.53. The van der Waals surface area contributed by atoms with Gasteiger partial charge in [0, 0.05) is 18.8 Å². The van der Waals surface area contributed by atoms with Crippen LogP contribution in [0.25, 0.3) is 0 Å². The monoisotopic (exact) mass is 286 g/mol. The first-order valence-electron chi connectivity index (χ1n) is 7.11. The van der Waals surface area contributed by atoms with Crippen molar-refractivity contribution in [2.75, 3.05) is 0 Å². The van der Waals surface area contributed by atoms with Crippen LogP contribution in [0.1, 0.15) is 42.2 Å². The maximum absolute atomic E-state index is 12.3. The molecular weight excluding hydrogens is 268 g/mol. The van der Waals surface area contributed by atoms with Gasteiger partial charge in [0.2, 0.25) is 11.8 Å². The minimum absolute atomic E-state index is 0.0391. The number of aromatic nitrogens is 3. The van der Waals surface area contributed by atoms with Crippen LogP contribution in [0.5, 0.6) is 0 Å². The van der Waals surface area contributed by atoms with Crippen molar-refractivity contribution in [2.45, 2.75) is 45.1 Å². The van der Waals surface area contributed by atoms with Crippen LogP contribution in [0, 0.1) is 13.8 Å². The van der Waals surface area contributed by atoms with E-state index in [9.17, 15) is 4.79 Å². The highest BCUT2D eigenvalue weighted by molar-refractivity contribution is 5.79. The molecule has 2 aromatic heterocycles. The van der Waals surface area contributed by atoms with Gasteiger partial charge in [-0.2, -0.15) is 4.98 Å². The molecule has 0 saturated heterocycles. The van der Waals surface area contributed by atoms with Gasteiger partial charge in [-0.05, 0) is 37.8 Å². The highest BCUT2D eigenvalue weighted by atomic mass is 16.5. The van der Waals surface area contributed by atoms with Crippen LogP contribution in [0.2, 0.25) is 0 Å². The molecule has 0 aromatic carbocycles. The molecule has 1 amide bonds. The number of hydrogen-bond acceptors (Lipinski definition) is 5. The van der Waals surface area contributed by atoms with Crippen LogP contribution < -0.4 is 5.32 Å². The number of carbonyl (C=O) groups is 1. The molecule has 0 unspecified atom stereocenters. The lowest BCUT2D eigenvalue weighted by Gasteiger charge is -2.39. The van der Waals surface area contributed by atoms with Gasteiger partial charge in [0.15, 0.2) is 5.82 Å². The molecule has 2 heterocycles. The van der Waals surface area contributed by atoms with Crippen molar-refractivity contribution >= 4 is 5.91 Å². The van der Waals surface area contributed by atoms with Crippen molar-refractivity contribution in [3.8, 4) is 0 Å². The maximum Gasteiger partial charge on any atom is 0.225 e. The van der Waals surface area contributed by atoms with Crippen molar-refractivity contribution in [3.63, 3.8) is 0 Å². The van der Waals surface area contributed by atoms with Crippen LogP contribution in [0.4, 0.5) is 0 Å². The summed E-state index contributed by atoms with van der Waals surface area (Å²) in [5.74, 6) is 1.07. The largest absolute Gasteiger partial charge is 0.343 e. The molecule has 0 atom stereocenters. The van der Waals surface area contributed by atoms with E-state index in [2.05, 4.69) is 20.4 Å². The standard InChI is InChI=1S/C15H18N4O2/c1-10-4-5-12(9-16-10)8-13(20)18-15(6-3-7-15)14-17-11(2)21-19-14/h4-5,9H,3,6-8H2,1-2H3,(H,18,20). The molecule has 0 radical (unpaired) electrons. The summed E-state index contributed by atoms with van der Waals surface area (Å²) in [6.07, 6.45) is 4.81. The van der Waals surface area contributed by atoms with Crippen LogP contribution in [0.3, 0.4) is 0 Å². The first-order chi connectivity index (χ1) is 10.1. The van der Waals surface area contributed by atoms with E-state index >= 15 is 0 Å². The van der Waals surface area contributed by atoms with E-state index in [1.165, 1.54) is 0 Å². The first kappa shape index (κ1) is 13.7. The number of nitrogens with zero attached hydrogens (tertiary/aromatic N) is 3. The van der Waals surface area contributed by atoms with Gasteiger partial charge < -0.3 is 9.84 Å². The van der Waals surface area contributed by atoms with E-state index in [1.54, 1.807) is 13.1 Å². The minimum atomic E-state index is -0.451. The Labute approximate surface area is 123 Å². The first-order valence-corrected chi connectivity index (χ1v) is 7.11. The zero-order chi connectivity index (χ0) is 14.9. The topological polar surface area (TPSA) is 80.9 Å². The summed E-state index contributed by atoms with van der Waals surface area (Å²) in [5.41, 5.74) is 1.39. The second-order valence-electron chi connectivity index (χ2n) is 5.61. The molecule has 0 aliphatic heterocycles. The molecule has 1 aliphatic carbocycles. The molecule has 3 rings (SSSR count). The van der Waals surface area contributed by atoms with E-state index in [4.69, 9.17) is 4.52 Å². The number of hydrogen-bond donors (Lipinski definition) is 1. The number of carbonyl (C=O) groups excluding carboxylic acids is 1. The van der Waals surface area contributed by atoms with Gasteiger partial charge in [-0.1, -0.05) is 11.2 Å². The highest BCUT2D eigenvalue weighted by Crippen LogP contribution is 2.39. The number of nitrogens with one attached hydrogen (secondary N) is 1. The Hall–Kier alpha value is -2.24. The van der Waals surface area contributed by atoms with Gasteiger partial charge in [-0.25, -0.2) is 0 Å². The molecule has 0 spiro atoms. The van der Waals surface area contributed by atoms with Gasteiger partial charge in [-0.15, -0.1) is 0 Å². The van der Waals surface area contributed by atoms with Gasteiger partial charge >= 0.3 is 0 Å². The number of aryl methyl sites for hydroxylation is 2. The Morgan fingerprint density at radius 1 is 1.38 bits per heavy atom. The molecule has 6 nitrogen and oxygen atoms in total. The number of amides is 1. The van der Waals surface area contributed by atoms with E-state index < -0.39 is 5.54 Å². The van der Waals surface area contributed by atoms with Crippen molar-refractivity contribution < 1.29 is 9.32 Å². The molecule has 21 heavy (non-hydrogen) atoms. The maximum atomic E-state index is 12.3. The van der Waals surface area contributed by atoms with Crippen LogP contribution in [-0.4, -0.2) is 21.0 Å². The fraction of sp³-hybridized carbons (Fsp3) is 0.467. The minimum Gasteiger partial charge on any atom is -0.343 e. The second kappa shape index (κ2) is 5.27. The van der Waals surface area contributed by atoms with Crippen molar-refractivity contribution in [1.82, 2.24) is 20.4 Å². The predicted octanol–water partition coefficient (Wildman–Crippen LogP) is 1.82. The average Bonchev–Trinajstić information content (AvgIpc) is 2.83. The smallest absolute Gasteiger partial charge is 0.225 e. The molecular formula is C15H18N4O2. The third-order valence-corrected chi connectivity index (χ3v) is 3.88. The van der Waals surface area contributed by atoms with E-state index in [0.717, 1.165) is 30.5 Å². The molecule has 0 bridgehead atoms. The van der Waals surface area contributed by atoms with E-state index in [-0.39, 0.29) is 5.91 Å². The Balaban J connectivity index is 1.69. The molecule has 1 N–H and O–H groups in total. The van der Waals surface area contributed by atoms with Crippen LogP contribution >= 0.6 is 0 Å². The third kappa shape index (κ3) is 2.79. The lowest BCUT2D eigenvalue weighted by molar-refractivity contribution is -0.123. The Morgan fingerprint density at radius 3 is 2.71 bits per heavy atom. The summed E-state index contributed by atoms with van der Waals surface area (Å²) in [7, 11) is 0. The van der Waals surface area contributed by atoms with Gasteiger partial charge in [-0.3, -0.25) is 9.78 Å². The highest BCUT2D eigenvalue weighted by Gasteiger charge is 2.44. The lowest BCUT2D eigenvalue weighted by Crippen LogP contribution is -2.52. The lowest BCUT2D eigenvalue weighted by atomic mass is 9.76. The summed E-state index contributed by atoms with van der Waals surface area (Å²) in [6, 6.07) is 3.83.